The van der Waals surface area contributed by atoms with Gasteiger partial charge in [-0.05, 0) is 49.7 Å². The molecular weight excluding hydrogens is 254 g/mol. The first kappa shape index (κ1) is 16.0. The van der Waals surface area contributed by atoms with Gasteiger partial charge in [0.05, 0.1) is 26.7 Å². The van der Waals surface area contributed by atoms with Crippen molar-refractivity contribution in [3.05, 3.63) is 48.0 Å². The molecule has 1 nitrogen and oxygen atoms in total. The average Bonchev–Trinajstić information content (AvgIpc) is 2.52. The van der Waals surface area contributed by atoms with Crippen molar-refractivity contribution in [2.24, 2.45) is 0 Å². The van der Waals surface area contributed by atoms with E-state index in [-0.39, 0.29) is 0 Å². The highest BCUT2D eigenvalue weighted by atomic mass is 15.3. The minimum atomic E-state index is 1.19. The maximum absolute atomic E-state index is 3.78. The molecule has 114 valence electrons. The Balaban J connectivity index is 1.64. The van der Waals surface area contributed by atoms with Crippen LogP contribution in [0.1, 0.15) is 49.7 Å². The summed E-state index contributed by atoms with van der Waals surface area (Å²) >= 11 is 0. The normalized spacial score (nSPS) is 18.0. The van der Waals surface area contributed by atoms with Gasteiger partial charge in [0.2, 0.25) is 0 Å². The first-order valence-electron chi connectivity index (χ1n) is 8.44. The summed E-state index contributed by atoms with van der Waals surface area (Å²) in [6.07, 6.45) is 14.6. The molecule has 0 aromatic heterocycles. The Kier molecular flexibility index (Phi) is 6.25. The molecule has 0 saturated carbocycles. The highest BCUT2D eigenvalue weighted by Gasteiger charge is 2.23. The number of likely N-dealkylation sites (tertiary alicyclic amines) is 1. The molecule has 0 spiro atoms. The van der Waals surface area contributed by atoms with Gasteiger partial charge in [0.15, 0.2) is 0 Å². The van der Waals surface area contributed by atoms with Gasteiger partial charge < -0.3 is 4.48 Å². The first-order valence-corrected chi connectivity index (χ1v) is 8.44. The minimum Gasteiger partial charge on any atom is -0.326 e. The van der Waals surface area contributed by atoms with Crippen LogP contribution in [-0.4, -0.2) is 31.2 Å². The smallest absolute Gasteiger partial charge is 0.0784 e. The van der Waals surface area contributed by atoms with Crippen LogP contribution < -0.4 is 0 Å². The number of allylic oxidation sites excluding steroid dienone is 1. The van der Waals surface area contributed by atoms with E-state index < -0.39 is 0 Å². The third-order valence-corrected chi connectivity index (χ3v) is 4.70. The number of hydrogen-bond acceptors (Lipinski definition) is 0. The lowest BCUT2D eigenvalue weighted by molar-refractivity contribution is -0.914. The van der Waals surface area contributed by atoms with Crippen molar-refractivity contribution < 1.29 is 4.48 Å². The molecule has 0 bridgehead atoms. The van der Waals surface area contributed by atoms with Gasteiger partial charge in [-0.15, -0.1) is 0 Å². The number of unbranched alkanes of at least 4 members (excludes halogenated alkanes) is 2. The van der Waals surface area contributed by atoms with Gasteiger partial charge in [0.25, 0.3) is 0 Å². The van der Waals surface area contributed by atoms with Crippen molar-refractivity contribution in [2.45, 2.75) is 38.5 Å². The molecule has 21 heavy (non-hydrogen) atoms. The second-order valence-electron chi connectivity index (χ2n) is 6.62. The fourth-order valence-corrected chi connectivity index (χ4v) is 3.22. The highest BCUT2D eigenvalue weighted by molar-refractivity contribution is 5.54. The number of quaternary nitrogens is 1. The number of benzene rings is 1. The summed E-state index contributed by atoms with van der Waals surface area (Å²) in [5, 5.41) is 0. The van der Waals surface area contributed by atoms with Crippen LogP contribution in [0.15, 0.2) is 36.9 Å². The van der Waals surface area contributed by atoms with E-state index in [4.69, 9.17) is 0 Å². The molecule has 0 amide bonds. The van der Waals surface area contributed by atoms with Gasteiger partial charge in [-0.25, -0.2) is 0 Å². The molecule has 0 radical (unpaired) electrons. The Morgan fingerprint density at radius 1 is 1.00 bits per heavy atom. The second kappa shape index (κ2) is 8.19. The largest absolute Gasteiger partial charge is 0.326 e. The quantitative estimate of drug-likeness (QED) is 0.480. The van der Waals surface area contributed by atoms with Crippen LogP contribution in [0.5, 0.6) is 0 Å². The molecule has 1 aliphatic rings. The van der Waals surface area contributed by atoms with E-state index in [0.29, 0.717) is 0 Å². The van der Waals surface area contributed by atoms with Gasteiger partial charge in [-0.2, -0.15) is 0 Å². The van der Waals surface area contributed by atoms with Crippen molar-refractivity contribution in [1.82, 2.24) is 0 Å². The van der Waals surface area contributed by atoms with E-state index in [1.54, 1.807) is 0 Å². The van der Waals surface area contributed by atoms with Gasteiger partial charge in [0, 0.05) is 0 Å². The van der Waals surface area contributed by atoms with E-state index in [1.165, 1.54) is 73.8 Å². The predicted molar refractivity (Wildman–Crippen MR) is 94.1 cm³/mol. The summed E-state index contributed by atoms with van der Waals surface area (Å²) in [6.45, 7) is 7.93. The fraction of sp³-hybridized carbons (Fsp3) is 0.500. The Hall–Kier alpha value is -1.34. The SMILES string of the molecule is C=Cc1ccc(/C=C\CCCC[N+]2(C)CCCCC2)cc1. The van der Waals surface area contributed by atoms with E-state index in [2.05, 4.69) is 50.0 Å². The Morgan fingerprint density at radius 3 is 2.33 bits per heavy atom. The molecule has 1 heteroatoms. The number of hydrogen-bond donors (Lipinski definition) is 0. The van der Waals surface area contributed by atoms with Gasteiger partial charge >= 0.3 is 0 Å². The molecule has 1 heterocycles. The van der Waals surface area contributed by atoms with Crippen molar-refractivity contribution in [3.63, 3.8) is 0 Å². The van der Waals surface area contributed by atoms with E-state index >= 15 is 0 Å². The van der Waals surface area contributed by atoms with Gasteiger partial charge in [-0.3, -0.25) is 0 Å². The maximum Gasteiger partial charge on any atom is 0.0784 e. The maximum atomic E-state index is 3.78. The summed E-state index contributed by atoms with van der Waals surface area (Å²) in [7, 11) is 2.44. The van der Waals surface area contributed by atoms with E-state index in [9.17, 15) is 0 Å². The topological polar surface area (TPSA) is 0 Å². The predicted octanol–water partition coefficient (Wildman–Crippen LogP) is 5.14. The van der Waals surface area contributed by atoms with Crippen LogP contribution in [0.3, 0.4) is 0 Å². The molecular formula is C20H30N+. The minimum absolute atomic E-state index is 1.19. The van der Waals surface area contributed by atoms with Crippen LogP contribution in [0.25, 0.3) is 12.2 Å². The Labute approximate surface area is 130 Å². The summed E-state index contributed by atoms with van der Waals surface area (Å²) in [5.74, 6) is 0. The zero-order valence-corrected chi connectivity index (χ0v) is 13.6. The third-order valence-electron chi connectivity index (χ3n) is 4.70. The highest BCUT2D eigenvalue weighted by Crippen LogP contribution is 2.17. The van der Waals surface area contributed by atoms with E-state index in [1.807, 2.05) is 6.08 Å². The molecule has 1 aromatic rings. The molecule has 1 aromatic carbocycles. The molecule has 1 aliphatic heterocycles. The standard InChI is InChI=1S/C20H30N/c1-3-19-12-14-20(15-13-19)11-7-4-5-8-16-21(2)17-9-6-10-18-21/h3,7,11-15H,1,4-6,8-10,16-18H2,2H3/q+1/b11-7-. The van der Waals surface area contributed by atoms with E-state index in [0.717, 1.165) is 0 Å². The molecule has 2 rings (SSSR count). The average molecular weight is 284 g/mol. The van der Waals surface area contributed by atoms with Crippen LogP contribution in [0.2, 0.25) is 0 Å². The summed E-state index contributed by atoms with van der Waals surface area (Å²) in [6, 6.07) is 8.56. The van der Waals surface area contributed by atoms with Crippen LogP contribution in [-0.2, 0) is 0 Å². The lowest BCUT2D eigenvalue weighted by atomic mass is 10.1. The van der Waals surface area contributed by atoms with Gasteiger partial charge in [0.1, 0.15) is 0 Å². The zero-order chi connectivity index (χ0) is 15.0. The van der Waals surface area contributed by atoms with Crippen molar-refractivity contribution in [3.8, 4) is 0 Å². The zero-order valence-electron chi connectivity index (χ0n) is 13.6. The summed E-state index contributed by atoms with van der Waals surface area (Å²) < 4.78 is 1.31. The van der Waals surface area contributed by atoms with Crippen LogP contribution in [0, 0.1) is 0 Å². The Morgan fingerprint density at radius 2 is 1.67 bits per heavy atom. The molecule has 0 atom stereocenters. The summed E-state index contributed by atoms with van der Waals surface area (Å²) in [4.78, 5) is 0. The molecule has 0 N–H and O–H groups in total. The Bertz CT molecular complexity index is 449. The fourth-order valence-electron chi connectivity index (χ4n) is 3.22. The van der Waals surface area contributed by atoms with Crippen LogP contribution in [0.4, 0.5) is 0 Å². The number of piperidine rings is 1. The van der Waals surface area contributed by atoms with Gasteiger partial charge in [-0.1, -0.05) is 49.1 Å². The lowest BCUT2D eigenvalue weighted by Crippen LogP contribution is -2.48. The van der Waals surface area contributed by atoms with Crippen molar-refractivity contribution in [1.29, 1.82) is 0 Å². The molecule has 0 aliphatic carbocycles. The second-order valence-corrected chi connectivity index (χ2v) is 6.62. The van der Waals surface area contributed by atoms with Crippen LogP contribution >= 0.6 is 0 Å². The third kappa shape index (κ3) is 5.51. The monoisotopic (exact) mass is 284 g/mol. The number of rotatable bonds is 7. The number of nitrogens with zero attached hydrogens (tertiary/aromatic N) is 1. The lowest BCUT2D eigenvalue weighted by Gasteiger charge is -2.37. The molecule has 1 fully saturated rings. The first-order chi connectivity index (χ1) is 10.2. The molecule has 1 saturated heterocycles. The molecule has 0 unspecified atom stereocenters. The van der Waals surface area contributed by atoms with Crippen molar-refractivity contribution >= 4 is 12.2 Å². The summed E-state index contributed by atoms with van der Waals surface area (Å²) in [5.41, 5.74) is 2.47. The van der Waals surface area contributed by atoms with Crippen molar-refractivity contribution in [2.75, 3.05) is 26.7 Å².